The Morgan fingerprint density at radius 1 is 1.50 bits per heavy atom. The van der Waals surface area contributed by atoms with Gasteiger partial charge in [-0.3, -0.25) is 9.80 Å². The lowest BCUT2D eigenvalue weighted by Crippen LogP contribution is -2.36. The first-order valence-corrected chi connectivity index (χ1v) is 7.52. The molecular formula is C15H25N3O2. The number of likely N-dealkylation sites (tertiary alicyclic amines) is 1. The third-order valence-electron chi connectivity index (χ3n) is 4.46. The molecule has 1 aliphatic carbocycles. The summed E-state index contributed by atoms with van der Waals surface area (Å²) >= 11 is 0. The molecule has 5 heteroatoms. The number of methoxy groups -OCH3 is 1. The highest BCUT2D eigenvalue weighted by Crippen LogP contribution is 2.40. The van der Waals surface area contributed by atoms with Crippen molar-refractivity contribution in [3.05, 3.63) is 17.8 Å². The van der Waals surface area contributed by atoms with Crippen LogP contribution in [0.2, 0.25) is 0 Å². The number of ether oxygens (including phenoxy) is 1. The largest absolute Gasteiger partial charge is 0.444 e. The molecule has 2 aliphatic rings. The summed E-state index contributed by atoms with van der Waals surface area (Å²) in [4.78, 5) is 9.07. The maximum atomic E-state index is 5.82. The van der Waals surface area contributed by atoms with E-state index in [0.717, 1.165) is 37.7 Å². The fourth-order valence-electron chi connectivity index (χ4n) is 3.02. The zero-order valence-electron chi connectivity index (χ0n) is 12.7. The van der Waals surface area contributed by atoms with Crippen molar-refractivity contribution in [3.8, 4) is 0 Å². The van der Waals surface area contributed by atoms with Crippen LogP contribution in [0.25, 0.3) is 0 Å². The topological polar surface area (TPSA) is 41.7 Å². The van der Waals surface area contributed by atoms with Gasteiger partial charge in [0.15, 0.2) is 0 Å². The van der Waals surface area contributed by atoms with Crippen molar-refractivity contribution in [2.24, 2.45) is 0 Å². The van der Waals surface area contributed by atoms with Gasteiger partial charge in [0, 0.05) is 32.2 Å². The Labute approximate surface area is 120 Å². The second-order valence-electron chi connectivity index (χ2n) is 6.31. The van der Waals surface area contributed by atoms with Gasteiger partial charge in [-0.15, -0.1) is 0 Å². The lowest BCUT2D eigenvalue weighted by molar-refractivity contribution is 0.111. The molecule has 1 aliphatic heterocycles. The van der Waals surface area contributed by atoms with Gasteiger partial charge >= 0.3 is 0 Å². The van der Waals surface area contributed by atoms with Crippen molar-refractivity contribution < 1.29 is 9.15 Å². The SMILES string of the molecule is CO[C@H]1C[C@@H](CN(C)Cc2ncc(C3CC3)o2)N(C)C1. The van der Waals surface area contributed by atoms with Crippen LogP contribution in [-0.4, -0.2) is 61.2 Å². The van der Waals surface area contributed by atoms with Crippen LogP contribution in [0, 0.1) is 0 Å². The third kappa shape index (κ3) is 3.22. The highest BCUT2D eigenvalue weighted by atomic mass is 16.5. The lowest BCUT2D eigenvalue weighted by atomic mass is 10.2. The van der Waals surface area contributed by atoms with Crippen molar-refractivity contribution in [2.75, 3.05) is 34.3 Å². The van der Waals surface area contributed by atoms with Crippen LogP contribution in [0.15, 0.2) is 10.6 Å². The zero-order chi connectivity index (χ0) is 14.1. The average Bonchev–Trinajstić information content (AvgIpc) is 3.08. The molecule has 1 aromatic rings. The minimum atomic E-state index is 0.376. The average molecular weight is 279 g/mol. The van der Waals surface area contributed by atoms with Crippen LogP contribution in [0.3, 0.4) is 0 Å². The molecule has 1 saturated heterocycles. The minimum Gasteiger partial charge on any atom is -0.444 e. The summed E-state index contributed by atoms with van der Waals surface area (Å²) in [6, 6.07) is 0.558. The standard InChI is InChI=1S/C15H25N3O2/c1-17(8-12-6-13(19-3)9-18(12)2)10-15-16-7-14(20-15)11-4-5-11/h7,11-13H,4-6,8-10H2,1-3H3/t12-,13-/m0/s1. The Hall–Kier alpha value is -0.910. The van der Waals surface area contributed by atoms with Gasteiger partial charge in [0.05, 0.1) is 18.8 Å². The molecule has 1 saturated carbocycles. The summed E-state index contributed by atoms with van der Waals surface area (Å²) in [6.07, 6.45) is 5.91. The highest BCUT2D eigenvalue weighted by Gasteiger charge is 2.30. The predicted molar refractivity (Wildman–Crippen MR) is 76.6 cm³/mol. The summed E-state index contributed by atoms with van der Waals surface area (Å²) in [5, 5.41) is 0. The number of rotatable bonds is 6. The van der Waals surface area contributed by atoms with Gasteiger partial charge in [0.1, 0.15) is 5.76 Å². The van der Waals surface area contributed by atoms with Crippen molar-refractivity contribution in [3.63, 3.8) is 0 Å². The first-order valence-electron chi connectivity index (χ1n) is 7.52. The smallest absolute Gasteiger partial charge is 0.208 e. The first kappa shape index (κ1) is 14.0. The first-order chi connectivity index (χ1) is 9.65. The van der Waals surface area contributed by atoms with Gasteiger partial charge in [-0.25, -0.2) is 4.98 Å². The number of hydrogen-bond donors (Lipinski definition) is 0. The molecule has 2 heterocycles. The van der Waals surface area contributed by atoms with Crippen molar-refractivity contribution in [1.29, 1.82) is 0 Å². The quantitative estimate of drug-likeness (QED) is 0.793. The van der Waals surface area contributed by atoms with Crippen LogP contribution >= 0.6 is 0 Å². The molecule has 0 amide bonds. The fraction of sp³-hybridized carbons (Fsp3) is 0.800. The molecule has 3 rings (SSSR count). The van der Waals surface area contributed by atoms with E-state index in [0.29, 0.717) is 18.1 Å². The van der Waals surface area contributed by atoms with Gasteiger partial charge < -0.3 is 9.15 Å². The molecule has 0 unspecified atom stereocenters. The van der Waals surface area contributed by atoms with Crippen LogP contribution in [0.1, 0.15) is 36.8 Å². The molecule has 0 aromatic carbocycles. The maximum Gasteiger partial charge on any atom is 0.208 e. The van der Waals surface area contributed by atoms with Gasteiger partial charge in [-0.2, -0.15) is 0 Å². The number of oxazole rings is 1. The molecule has 0 radical (unpaired) electrons. The van der Waals surface area contributed by atoms with E-state index in [1.165, 1.54) is 12.8 Å². The number of likely N-dealkylation sites (N-methyl/N-ethyl adjacent to an activating group) is 2. The van der Waals surface area contributed by atoms with Crippen LogP contribution in [0.4, 0.5) is 0 Å². The van der Waals surface area contributed by atoms with E-state index in [4.69, 9.17) is 9.15 Å². The predicted octanol–water partition coefficient (Wildman–Crippen LogP) is 1.70. The second kappa shape index (κ2) is 5.84. The van der Waals surface area contributed by atoms with E-state index in [1.54, 1.807) is 7.11 Å². The monoisotopic (exact) mass is 279 g/mol. The molecule has 112 valence electrons. The van der Waals surface area contributed by atoms with E-state index < -0.39 is 0 Å². The Morgan fingerprint density at radius 2 is 2.30 bits per heavy atom. The normalized spacial score (nSPS) is 27.6. The lowest BCUT2D eigenvalue weighted by Gasteiger charge is -2.24. The van der Waals surface area contributed by atoms with Gasteiger partial charge in [0.2, 0.25) is 5.89 Å². The minimum absolute atomic E-state index is 0.376. The van der Waals surface area contributed by atoms with Crippen molar-refractivity contribution >= 4 is 0 Å². The van der Waals surface area contributed by atoms with Crippen molar-refractivity contribution in [1.82, 2.24) is 14.8 Å². The molecule has 1 aromatic heterocycles. The maximum absolute atomic E-state index is 5.82. The molecule has 0 bridgehead atoms. The van der Waals surface area contributed by atoms with Crippen LogP contribution in [0.5, 0.6) is 0 Å². The second-order valence-corrected chi connectivity index (χ2v) is 6.31. The number of hydrogen-bond acceptors (Lipinski definition) is 5. The zero-order valence-corrected chi connectivity index (χ0v) is 12.7. The van der Waals surface area contributed by atoms with Gasteiger partial charge in [-0.1, -0.05) is 0 Å². The number of aromatic nitrogens is 1. The molecule has 20 heavy (non-hydrogen) atoms. The molecular weight excluding hydrogens is 254 g/mol. The van der Waals surface area contributed by atoms with E-state index in [1.807, 2.05) is 6.20 Å². The van der Waals surface area contributed by atoms with Gasteiger partial charge in [-0.05, 0) is 33.4 Å². The molecule has 2 fully saturated rings. The fourth-order valence-corrected chi connectivity index (χ4v) is 3.02. The molecule has 2 atom stereocenters. The summed E-state index contributed by atoms with van der Waals surface area (Å²) in [5.41, 5.74) is 0. The molecule has 5 nitrogen and oxygen atoms in total. The summed E-state index contributed by atoms with van der Waals surface area (Å²) in [7, 11) is 6.11. The molecule has 0 N–H and O–H groups in total. The molecule has 0 spiro atoms. The Kier molecular flexibility index (Phi) is 4.10. The summed E-state index contributed by atoms with van der Waals surface area (Å²) in [6.45, 7) is 2.84. The Morgan fingerprint density at radius 3 is 2.95 bits per heavy atom. The van der Waals surface area contributed by atoms with Crippen molar-refractivity contribution in [2.45, 2.75) is 43.9 Å². The van der Waals surface area contributed by atoms with E-state index in [2.05, 4.69) is 28.9 Å². The van der Waals surface area contributed by atoms with E-state index in [-0.39, 0.29) is 0 Å². The highest BCUT2D eigenvalue weighted by molar-refractivity contribution is 5.08. The summed E-state index contributed by atoms with van der Waals surface area (Å²) in [5.74, 6) is 2.56. The van der Waals surface area contributed by atoms with E-state index in [9.17, 15) is 0 Å². The van der Waals surface area contributed by atoms with Crippen LogP contribution < -0.4 is 0 Å². The van der Waals surface area contributed by atoms with E-state index >= 15 is 0 Å². The number of nitrogens with zero attached hydrogens (tertiary/aromatic N) is 3. The Balaban J connectivity index is 1.49. The van der Waals surface area contributed by atoms with Gasteiger partial charge in [0.25, 0.3) is 0 Å². The Bertz CT molecular complexity index is 444. The summed E-state index contributed by atoms with van der Waals surface area (Å²) < 4.78 is 11.3. The third-order valence-corrected chi connectivity index (χ3v) is 4.46. The van der Waals surface area contributed by atoms with Crippen LogP contribution in [-0.2, 0) is 11.3 Å².